The van der Waals surface area contributed by atoms with Gasteiger partial charge in [0.1, 0.15) is 17.2 Å². The van der Waals surface area contributed by atoms with Crippen molar-refractivity contribution < 1.29 is 8.78 Å². The van der Waals surface area contributed by atoms with Gasteiger partial charge in [-0.1, -0.05) is 6.92 Å². The summed E-state index contributed by atoms with van der Waals surface area (Å²) in [5.74, 6) is -2.77. The monoisotopic (exact) mass is 305 g/mol. The van der Waals surface area contributed by atoms with Crippen molar-refractivity contribution in [3.63, 3.8) is 0 Å². The van der Waals surface area contributed by atoms with Crippen molar-refractivity contribution in [2.24, 2.45) is 0 Å². The minimum absolute atomic E-state index is 0.199. The van der Waals surface area contributed by atoms with Crippen LogP contribution in [-0.4, -0.2) is 50.0 Å². The predicted molar refractivity (Wildman–Crippen MR) is 80.1 cm³/mol. The summed E-state index contributed by atoms with van der Waals surface area (Å²) < 4.78 is 30.9. The van der Waals surface area contributed by atoms with Gasteiger partial charge in [-0.15, -0.1) is 0 Å². The molecule has 1 aliphatic heterocycles. The number of aromatic amines is 1. The van der Waals surface area contributed by atoms with E-state index < -0.39 is 12.0 Å². The van der Waals surface area contributed by atoms with Crippen molar-refractivity contribution in [1.29, 1.82) is 0 Å². The number of aromatic nitrogens is 4. The van der Waals surface area contributed by atoms with E-state index in [1.165, 1.54) is 6.33 Å². The first-order valence-corrected chi connectivity index (χ1v) is 7.49. The summed E-state index contributed by atoms with van der Waals surface area (Å²) >= 11 is 0. The number of piperidine rings is 1. The molecule has 0 saturated carbocycles. The van der Waals surface area contributed by atoms with Crippen molar-refractivity contribution in [2.75, 3.05) is 19.6 Å². The smallest absolute Gasteiger partial charge is 0.280 e. The van der Waals surface area contributed by atoms with E-state index in [2.05, 4.69) is 15.0 Å². The van der Waals surface area contributed by atoms with Crippen LogP contribution < -0.4 is 0 Å². The van der Waals surface area contributed by atoms with Gasteiger partial charge in [-0.25, -0.2) is 18.7 Å². The number of rotatable bonds is 2. The molecular weight excluding hydrogens is 288 g/mol. The van der Waals surface area contributed by atoms with E-state index in [1.54, 1.807) is 21.9 Å². The number of imidazole rings is 1. The number of fused-ring (bicyclic) bond motifs is 3. The number of hydrogen-bond acceptors (Lipinski definition) is 3. The van der Waals surface area contributed by atoms with Gasteiger partial charge in [-0.3, -0.25) is 4.90 Å². The Bertz CT molecular complexity index is 822. The van der Waals surface area contributed by atoms with E-state index >= 15 is 0 Å². The lowest BCUT2D eigenvalue weighted by Crippen LogP contribution is -2.48. The lowest BCUT2D eigenvalue weighted by Gasteiger charge is -2.38. The molecule has 0 aliphatic carbocycles. The molecule has 0 spiro atoms. The van der Waals surface area contributed by atoms with Gasteiger partial charge in [-0.2, -0.15) is 0 Å². The highest BCUT2D eigenvalue weighted by Gasteiger charge is 2.45. The third-order valence-electron chi connectivity index (χ3n) is 4.54. The van der Waals surface area contributed by atoms with Gasteiger partial charge in [-0.05, 0) is 19.0 Å². The van der Waals surface area contributed by atoms with Crippen molar-refractivity contribution in [3.05, 3.63) is 24.8 Å². The highest BCUT2D eigenvalue weighted by Crippen LogP contribution is 2.39. The molecular formula is C15H17F2N5. The summed E-state index contributed by atoms with van der Waals surface area (Å²) in [6.45, 7) is 3.05. The number of halogens is 2. The molecule has 1 atom stereocenters. The Morgan fingerprint density at radius 2 is 2.27 bits per heavy atom. The first kappa shape index (κ1) is 13.6. The molecule has 0 bridgehead atoms. The lowest BCUT2D eigenvalue weighted by atomic mass is 10.00. The topological polar surface area (TPSA) is 49.7 Å². The van der Waals surface area contributed by atoms with Crippen molar-refractivity contribution >= 4 is 22.1 Å². The quantitative estimate of drug-likeness (QED) is 0.792. The molecule has 3 aromatic heterocycles. The number of nitrogens with zero attached hydrogens (tertiary/aromatic N) is 4. The Hall–Kier alpha value is -2.02. The maximum absolute atomic E-state index is 14.6. The Morgan fingerprint density at radius 3 is 3.05 bits per heavy atom. The van der Waals surface area contributed by atoms with Gasteiger partial charge < -0.3 is 9.55 Å². The molecule has 1 fully saturated rings. The average molecular weight is 305 g/mol. The molecule has 3 aromatic rings. The summed E-state index contributed by atoms with van der Waals surface area (Å²) in [5, 5.41) is 0.837. The van der Waals surface area contributed by atoms with Crippen LogP contribution in [0.4, 0.5) is 8.78 Å². The largest absolute Gasteiger partial charge is 0.346 e. The van der Waals surface area contributed by atoms with Crippen LogP contribution in [0.15, 0.2) is 24.8 Å². The number of nitrogens with one attached hydrogen (secondary N) is 1. The number of likely N-dealkylation sites (tertiary alicyclic amines) is 1. The highest BCUT2D eigenvalue weighted by molar-refractivity contribution is 6.00. The molecule has 0 radical (unpaired) electrons. The van der Waals surface area contributed by atoms with Gasteiger partial charge in [0.2, 0.25) is 0 Å². The second kappa shape index (κ2) is 4.74. The molecule has 1 aliphatic rings. The predicted octanol–water partition coefficient (Wildman–Crippen LogP) is 2.81. The summed E-state index contributed by atoms with van der Waals surface area (Å²) in [7, 11) is 0. The Balaban J connectivity index is 1.85. The third kappa shape index (κ3) is 1.92. The first-order chi connectivity index (χ1) is 10.6. The second-order valence-corrected chi connectivity index (χ2v) is 5.82. The first-order valence-electron chi connectivity index (χ1n) is 7.49. The summed E-state index contributed by atoms with van der Waals surface area (Å²) in [4.78, 5) is 13.3. The SMILES string of the molecule is CCN1CCC(n2cnc3cnc4[nH]ccc4c32)C(F)(F)C1. The number of H-pyrrole nitrogens is 1. The minimum atomic E-state index is -2.77. The molecule has 7 heteroatoms. The average Bonchev–Trinajstić information content (AvgIpc) is 3.11. The van der Waals surface area contributed by atoms with Crippen LogP contribution in [0.2, 0.25) is 0 Å². The van der Waals surface area contributed by atoms with Gasteiger partial charge in [0.25, 0.3) is 5.92 Å². The lowest BCUT2D eigenvalue weighted by molar-refractivity contribution is -0.101. The second-order valence-electron chi connectivity index (χ2n) is 5.82. The molecule has 5 nitrogen and oxygen atoms in total. The van der Waals surface area contributed by atoms with E-state index in [0.717, 1.165) is 10.9 Å². The molecule has 1 N–H and O–H groups in total. The van der Waals surface area contributed by atoms with Crippen LogP contribution in [0, 0.1) is 0 Å². The van der Waals surface area contributed by atoms with Crippen molar-refractivity contribution in [3.8, 4) is 0 Å². The zero-order valence-corrected chi connectivity index (χ0v) is 12.3. The number of hydrogen-bond donors (Lipinski definition) is 1. The molecule has 116 valence electrons. The van der Waals surface area contributed by atoms with Crippen LogP contribution >= 0.6 is 0 Å². The van der Waals surface area contributed by atoms with Gasteiger partial charge >= 0.3 is 0 Å². The van der Waals surface area contributed by atoms with Crippen molar-refractivity contribution in [2.45, 2.75) is 25.3 Å². The molecule has 1 unspecified atom stereocenters. The van der Waals surface area contributed by atoms with Crippen LogP contribution in [0.5, 0.6) is 0 Å². The molecule has 4 heterocycles. The molecule has 4 rings (SSSR count). The van der Waals surface area contributed by atoms with Gasteiger partial charge in [0.05, 0.1) is 24.6 Å². The van der Waals surface area contributed by atoms with Gasteiger partial charge in [0.15, 0.2) is 0 Å². The number of alkyl halides is 2. The Kier molecular flexibility index (Phi) is 2.94. The van der Waals surface area contributed by atoms with E-state index in [-0.39, 0.29) is 6.54 Å². The van der Waals surface area contributed by atoms with E-state index in [0.29, 0.717) is 30.7 Å². The normalized spacial score (nSPS) is 22.6. The van der Waals surface area contributed by atoms with Crippen molar-refractivity contribution in [1.82, 2.24) is 24.4 Å². The summed E-state index contributed by atoms with van der Waals surface area (Å²) in [5.41, 5.74) is 2.09. The number of pyridine rings is 1. The Labute approximate surface area is 126 Å². The minimum Gasteiger partial charge on any atom is -0.346 e. The maximum Gasteiger partial charge on any atom is 0.280 e. The van der Waals surface area contributed by atoms with E-state index in [1.807, 2.05) is 13.0 Å². The summed E-state index contributed by atoms with van der Waals surface area (Å²) in [6, 6.07) is 1.00. The fourth-order valence-electron chi connectivity index (χ4n) is 3.38. The van der Waals surface area contributed by atoms with E-state index in [4.69, 9.17) is 0 Å². The third-order valence-corrected chi connectivity index (χ3v) is 4.54. The van der Waals surface area contributed by atoms with Gasteiger partial charge in [0, 0.05) is 18.1 Å². The maximum atomic E-state index is 14.6. The highest BCUT2D eigenvalue weighted by atomic mass is 19.3. The zero-order valence-electron chi connectivity index (χ0n) is 12.3. The fourth-order valence-corrected chi connectivity index (χ4v) is 3.38. The molecule has 1 saturated heterocycles. The van der Waals surface area contributed by atoms with E-state index in [9.17, 15) is 8.78 Å². The van der Waals surface area contributed by atoms with Crippen LogP contribution in [0.1, 0.15) is 19.4 Å². The van der Waals surface area contributed by atoms with Crippen LogP contribution in [-0.2, 0) is 0 Å². The molecule has 0 aromatic carbocycles. The molecule has 22 heavy (non-hydrogen) atoms. The summed E-state index contributed by atoms with van der Waals surface area (Å²) in [6.07, 6.45) is 5.34. The standard InChI is InChI=1S/C15H17F2N5/c1-2-21-6-4-12(15(16,17)8-21)22-9-20-11-7-19-14-10(13(11)22)3-5-18-14/h3,5,7,9,12H,2,4,6,8H2,1H3,(H,18,19). The Morgan fingerprint density at radius 1 is 1.41 bits per heavy atom. The zero-order chi connectivity index (χ0) is 15.3. The molecule has 0 amide bonds. The van der Waals surface area contributed by atoms with Crippen LogP contribution in [0.25, 0.3) is 22.1 Å². The fraction of sp³-hybridized carbons (Fsp3) is 0.467. The van der Waals surface area contributed by atoms with Crippen LogP contribution in [0.3, 0.4) is 0 Å².